The highest BCUT2D eigenvalue weighted by Crippen LogP contribution is 2.09. The molecule has 1 atom stereocenters. The fourth-order valence-electron chi connectivity index (χ4n) is 2.74. The normalized spacial score (nSPS) is 16.3. The molecule has 23 heavy (non-hydrogen) atoms. The number of nitrogens with one attached hydrogen (secondary N) is 1. The van der Waals surface area contributed by atoms with Crippen molar-refractivity contribution < 1.29 is 0 Å². The molecule has 1 aliphatic heterocycles. The number of benzene rings is 1. The van der Waals surface area contributed by atoms with Crippen LogP contribution >= 0.6 is 24.0 Å². The Morgan fingerprint density at radius 2 is 1.91 bits per heavy atom. The molecule has 1 unspecified atom stereocenters. The second kappa shape index (κ2) is 10.9. The molecular weight excluding hydrogens is 399 g/mol. The fourth-order valence-corrected chi connectivity index (χ4v) is 2.74. The van der Waals surface area contributed by atoms with Crippen molar-refractivity contribution in [1.82, 2.24) is 15.1 Å². The number of hydrogen-bond donors (Lipinski definition) is 1. The summed E-state index contributed by atoms with van der Waals surface area (Å²) in [5.74, 6) is 1.08. The summed E-state index contributed by atoms with van der Waals surface area (Å²) in [6.45, 7) is 9.40. The summed E-state index contributed by atoms with van der Waals surface area (Å²) in [6.07, 6.45) is 2.57. The molecule has 1 aromatic rings. The fraction of sp³-hybridized carbons (Fsp3) is 0.611. The first-order valence-corrected chi connectivity index (χ1v) is 8.48. The van der Waals surface area contributed by atoms with Crippen molar-refractivity contribution in [2.24, 2.45) is 4.99 Å². The maximum atomic E-state index is 4.85. The zero-order valence-electron chi connectivity index (χ0n) is 14.7. The van der Waals surface area contributed by atoms with E-state index in [0.29, 0.717) is 6.04 Å². The Balaban J connectivity index is 0.00000264. The van der Waals surface area contributed by atoms with Gasteiger partial charge in [0.05, 0.1) is 6.54 Å². The van der Waals surface area contributed by atoms with Crippen molar-refractivity contribution in [2.75, 3.05) is 33.2 Å². The lowest BCUT2D eigenvalue weighted by Gasteiger charge is -2.25. The molecule has 1 N–H and O–H groups in total. The van der Waals surface area contributed by atoms with Gasteiger partial charge in [-0.3, -0.25) is 9.89 Å². The van der Waals surface area contributed by atoms with Crippen LogP contribution < -0.4 is 5.32 Å². The average molecular weight is 430 g/mol. The quantitative estimate of drug-likeness (QED) is 0.427. The molecule has 4 nitrogen and oxygen atoms in total. The zero-order chi connectivity index (χ0) is 15.8. The minimum Gasteiger partial charge on any atom is -0.357 e. The number of rotatable bonds is 6. The van der Waals surface area contributed by atoms with Crippen LogP contribution in [0.4, 0.5) is 0 Å². The van der Waals surface area contributed by atoms with E-state index >= 15 is 0 Å². The van der Waals surface area contributed by atoms with E-state index in [1.807, 2.05) is 0 Å². The number of likely N-dealkylation sites (N-methyl/N-ethyl adjacent to an activating group) is 1. The number of nitrogens with zero attached hydrogens (tertiary/aromatic N) is 3. The molecule has 1 aromatic carbocycles. The minimum atomic E-state index is 0. The third-order valence-corrected chi connectivity index (χ3v) is 4.27. The molecule has 130 valence electrons. The first-order chi connectivity index (χ1) is 10.7. The van der Waals surface area contributed by atoms with Crippen LogP contribution in [-0.2, 0) is 6.54 Å². The topological polar surface area (TPSA) is 30.9 Å². The molecule has 0 spiro atoms. The molecule has 5 heteroatoms. The predicted octanol–water partition coefficient (Wildman–Crippen LogP) is 3.19. The number of halogens is 1. The van der Waals surface area contributed by atoms with Gasteiger partial charge in [0.15, 0.2) is 5.96 Å². The van der Waals surface area contributed by atoms with Crippen LogP contribution in [0.1, 0.15) is 32.3 Å². The monoisotopic (exact) mass is 430 g/mol. The van der Waals surface area contributed by atoms with Crippen molar-refractivity contribution in [3.8, 4) is 0 Å². The summed E-state index contributed by atoms with van der Waals surface area (Å²) in [6, 6.07) is 11.1. The highest BCUT2D eigenvalue weighted by atomic mass is 127. The van der Waals surface area contributed by atoms with Gasteiger partial charge >= 0.3 is 0 Å². The van der Waals surface area contributed by atoms with Crippen LogP contribution in [0.15, 0.2) is 35.3 Å². The lowest BCUT2D eigenvalue weighted by atomic mass is 10.2. The molecule has 1 aliphatic rings. The molecular formula is C18H31IN4. The van der Waals surface area contributed by atoms with E-state index in [1.165, 1.54) is 18.4 Å². The lowest BCUT2D eigenvalue weighted by molar-refractivity contribution is 0.254. The van der Waals surface area contributed by atoms with Gasteiger partial charge in [0, 0.05) is 32.2 Å². The number of hydrogen-bond acceptors (Lipinski definition) is 2. The van der Waals surface area contributed by atoms with Gasteiger partial charge in [-0.2, -0.15) is 0 Å². The highest BCUT2D eigenvalue weighted by Gasteiger charge is 2.16. The van der Waals surface area contributed by atoms with Crippen molar-refractivity contribution in [2.45, 2.75) is 39.3 Å². The maximum absolute atomic E-state index is 4.85. The third kappa shape index (κ3) is 6.67. The molecule has 0 radical (unpaired) electrons. The van der Waals surface area contributed by atoms with Gasteiger partial charge in [-0.05, 0) is 39.3 Å². The summed E-state index contributed by atoms with van der Waals surface area (Å²) < 4.78 is 0. The second-order valence-corrected chi connectivity index (χ2v) is 6.14. The first-order valence-electron chi connectivity index (χ1n) is 8.48. The molecule has 0 aromatic heterocycles. The van der Waals surface area contributed by atoms with Gasteiger partial charge in [0.25, 0.3) is 0 Å². The van der Waals surface area contributed by atoms with Crippen molar-refractivity contribution in [3.05, 3.63) is 35.9 Å². The SMILES string of the molecule is CCNC(=NCC(C)N(C)Cc1ccccc1)N1CCCC1.I. The molecule has 0 aliphatic carbocycles. The zero-order valence-corrected chi connectivity index (χ0v) is 17.0. The van der Waals surface area contributed by atoms with Gasteiger partial charge in [-0.15, -0.1) is 24.0 Å². The number of guanidine groups is 1. The Morgan fingerprint density at radius 1 is 1.26 bits per heavy atom. The minimum absolute atomic E-state index is 0. The van der Waals surface area contributed by atoms with Crippen LogP contribution in [0.5, 0.6) is 0 Å². The Bertz CT molecular complexity index is 457. The van der Waals surface area contributed by atoms with Gasteiger partial charge in [-0.25, -0.2) is 0 Å². The summed E-state index contributed by atoms with van der Waals surface area (Å²) >= 11 is 0. The largest absolute Gasteiger partial charge is 0.357 e. The average Bonchev–Trinajstić information content (AvgIpc) is 3.06. The van der Waals surface area contributed by atoms with Crippen LogP contribution in [0.2, 0.25) is 0 Å². The van der Waals surface area contributed by atoms with Crippen LogP contribution in [0, 0.1) is 0 Å². The molecule has 0 bridgehead atoms. The summed E-state index contributed by atoms with van der Waals surface area (Å²) in [7, 11) is 2.18. The maximum Gasteiger partial charge on any atom is 0.193 e. The van der Waals surface area contributed by atoms with Crippen LogP contribution in [0.25, 0.3) is 0 Å². The van der Waals surface area contributed by atoms with Crippen LogP contribution in [-0.4, -0.2) is 55.0 Å². The van der Waals surface area contributed by atoms with Gasteiger partial charge in [-0.1, -0.05) is 30.3 Å². The predicted molar refractivity (Wildman–Crippen MR) is 110 cm³/mol. The van der Waals surface area contributed by atoms with E-state index in [9.17, 15) is 0 Å². The van der Waals surface area contributed by atoms with Crippen LogP contribution in [0.3, 0.4) is 0 Å². The third-order valence-electron chi connectivity index (χ3n) is 4.27. The number of likely N-dealkylation sites (tertiary alicyclic amines) is 1. The molecule has 1 heterocycles. The van der Waals surface area contributed by atoms with E-state index in [4.69, 9.17) is 4.99 Å². The van der Waals surface area contributed by atoms with E-state index < -0.39 is 0 Å². The highest BCUT2D eigenvalue weighted by molar-refractivity contribution is 14.0. The van der Waals surface area contributed by atoms with E-state index in [1.54, 1.807) is 0 Å². The Labute approximate surface area is 158 Å². The van der Waals surface area contributed by atoms with E-state index in [2.05, 4.69) is 66.3 Å². The van der Waals surface area contributed by atoms with E-state index in [0.717, 1.165) is 38.7 Å². The molecule has 1 fully saturated rings. The smallest absolute Gasteiger partial charge is 0.193 e. The van der Waals surface area contributed by atoms with E-state index in [-0.39, 0.29) is 24.0 Å². The Kier molecular flexibility index (Phi) is 9.55. The standard InChI is InChI=1S/C18H30N4.HI/c1-4-19-18(22-12-8-9-13-22)20-14-16(2)21(3)15-17-10-6-5-7-11-17;/h5-7,10-11,16H,4,8-9,12-15H2,1-3H3,(H,19,20);1H. The summed E-state index contributed by atoms with van der Waals surface area (Å²) in [5, 5.41) is 3.43. The summed E-state index contributed by atoms with van der Waals surface area (Å²) in [4.78, 5) is 9.60. The Morgan fingerprint density at radius 3 is 2.52 bits per heavy atom. The molecule has 2 rings (SSSR count). The lowest BCUT2D eigenvalue weighted by Crippen LogP contribution is -2.41. The molecule has 0 saturated carbocycles. The molecule has 0 amide bonds. The second-order valence-electron chi connectivity index (χ2n) is 6.14. The van der Waals surface area contributed by atoms with Crippen molar-refractivity contribution in [3.63, 3.8) is 0 Å². The van der Waals surface area contributed by atoms with Gasteiger partial charge in [0.1, 0.15) is 0 Å². The number of aliphatic imine (C=N–C) groups is 1. The van der Waals surface area contributed by atoms with Crippen molar-refractivity contribution >= 4 is 29.9 Å². The van der Waals surface area contributed by atoms with Gasteiger partial charge < -0.3 is 10.2 Å². The summed E-state index contributed by atoms with van der Waals surface area (Å²) in [5.41, 5.74) is 1.35. The van der Waals surface area contributed by atoms with Crippen molar-refractivity contribution in [1.29, 1.82) is 0 Å². The first kappa shape index (κ1) is 20.2. The molecule has 1 saturated heterocycles. The van der Waals surface area contributed by atoms with Gasteiger partial charge in [0.2, 0.25) is 0 Å². The Hall–Kier alpha value is -0.820.